The van der Waals surface area contributed by atoms with E-state index in [1.54, 1.807) is 39.8 Å². The first-order chi connectivity index (χ1) is 20.8. The highest BCUT2D eigenvalue weighted by atomic mass is 16.6. The van der Waals surface area contributed by atoms with E-state index in [-0.39, 0.29) is 24.3 Å². The molecule has 0 saturated carbocycles. The lowest BCUT2D eigenvalue weighted by atomic mass is 9.98. The fourth-order valence-corrected chi connectivity index (χ4v) is 5.98. The van der Waals surface area contributed by atoms with Gasteiger partial charge in [-0.25, -0.2) is 4.79 Å². The molecule has 0 bridgehead atoms. The predicted octanol–water partition coefficient (Wildman–Crippen LogP) is 5.24. The highest BCUT2D eigenvalue weighted by Crippen LogP contribution is 2.24. The van der Waals surface area contributed by atoms with Gasteiger partial charge >= 0.3 is 6.09 Å². The highest BCUT2D eigenvalue weighted by molar-refractivity contribution is 5.92. The first-order valence-electron chi connectivity index (χ1n) is 15.5. The summed E-state index contributed by atoms with van der Waals surface area (Å²) in [5.41, 5.74) is 1.17. The van der Waals surface area contributed by atoms with Gasteiger partial charge in [-0.3, -0.25) is 14.5 Å². The maximum absolute atomic E-state index is 14.5. The molecule has 0 radical (unpaired) electrons. The Hall–Kier alpha value is -3.91. The van der Waals surface area contributed by atoms with E-state index in [0.29, 0.717) is 13.0 Å². The Morgan fingerprint density at radius 2 is 1.45 bits per heavy atom. The maximum Gasteiger partial charge on any atom is 0.410 e. The number of amides is 3. The molecule has 1 aliphatic rings. The van der Waals surface area contributed by atoms with Crippen LogP contribution in [0.2, 0.25) is 0 Å². The molecule has 44 heavy (non-hydrogen) atoms. The molecule has 0 aliphatic carbocycles. The van der Waals surface area contributed by atoms with Gasteiger partial charge in [0.1, 0.15) is 17.7 Å². The van der Waals surface area contributed by atoms with Gasteiger partial charge in [0.15, 0.2) is 0 Å². The second-order valence-electron chi connectivity index (χ2n) is 13.2. The van der Waals surface area contributed by atoms with E-state index in [9.17, 15) is 14.4 Å². The number of nitrogens with zero attached hydrogens (tertiary/aromatic N) is 4. The molecule has 4 rings (SSSR count). The molecule has 1 saturated heterocycles. The third kappa shape index (κ3) is 8.38. The van der Waals surface area contributed by atoms with Crippen LogP contribution >= 0.6 is 0 Å². The number of likely N-dealkylation sites (N-methyl/N-ethyl adjacent to an activating group) is 3. The van der Waals surface area contributed by atoms with Crippen LogP contribution < -0.4 is 0 Å². The number of likely N-dealkylation sites (tertiary alicyclic amines) is 1. The second-order valence-corrected chi connectivity index (χ2v) is 13.2. The summed E-state index contributed by atoms with van der Waals surface area (Å²) < 4.78 is 5.69. The van der Waals surface area contributed by atoms with Crippen molar-refractivity contribution in [1.82, 2.24) is 19.6 Å². The molecule has 3 atom stereocenters. The smallest absolute Gasteiger partial charge is 0.410 e. The van der Waals surface area contributed by atoms with Crippen molar-refractivity contribution in [2.24, 2.45) is 0 Å². The van der Waals surface area contributed by atoms with Crippen molar-refractivity contribution in [2.45, 2.75) is 70.2 Å². The molecular formula is C36H48N4O4. The summed E-state index contributed by atoms with van der Waals surface area (Å²) in [7, 11) is 7.33. The normalized spacial score (nSPS) is 16.5. The highest BCUT2D eigenvalue weighted by Gasteiger charge is 2.40. The maximum atomic E-state index is 14.5. The van der Waals surface area contributed by atoms with Gasteiger partial charge in [0.05, 0.1) is 0 Å². The van der Waals surface area contributed by atoms with E-state index >= 15 is 0 Å². The summed E-state index contributed by atoms with van der Waals surface area (Å²) in [6.45, 7) is 6.86. The van der Waals surface area contributed by atoms with Crippen LogP contribution in [0.5, 0.6) is 0 Å². The SMILES string of the molecule is CN(C)CC1CCCN1C(=O)C(Cc1ccccc1)N(C)C(=O)C(Cc1ccc2ccccc2c1)N(C)C(=O)OC(C)(C)C. The van der Waals surface area contributed by atoms with Crippen LogP contribution in [0, 0.1) is 0 Å². The standard InChI is InChI=1S/C36H48N4O4/c1-36(2,3)44-35(43)39(7)31(24-27-19-20-28-16-11-12-17-29(28)22-27)33(41)38(6)32(23-26-14-9-8-10-15-26)34(42)40-21-13-18-30(40)25-37(4)5/h8-12,14-17,19-20,22,30-32H,13,18,21,23-25H2,1-7H3. The monoisotopic (exact) mass is 600 g/mol. The average molecular weight is 601 g/mol. The molecule has 1 fully saturated rings. The molecule has 0 aromatic heterocycles. The van der Waals surface area contributed by atoms with Crippen LogP contribution in [0.1, 0.15) is 44.7 Å². The molecule has 3 unspecified atom stereocenters. The van der Waals surface area contributed by atoms with Crippen molar-refractivity contribution in [2.75, 3.05) is 41.3 Å². The molecule has 236 valence electrons. The lowest BCUT2D eigenvalue weighted by Crippen LogP contribution is -2.57. The summed E-state index contributed by atoms with van der Waals surface area (Å²) in [5.74, 6) is -0.359. The van der Waals surface area contributed by atoms with E-state index < -0.39 is 23.8 Å². The van der Waals surface area contributed by atoms with Gasteiger partial charge in [-0.1, -0.05) is 72.8 Å². The van der Waals surface area contributed by atoms with Crippen LogP contribution in [0.3, 0.4) is 0 Å². The van der Waals surface area contributed by atoms with Crippen molar-refractivity contribution < 1.29 is 19.1 Å². The summed E-state index contributed by atoms with van der Waals surface area (Å²) >= 11 is 0. The summed E-state index contributed by atoms with van der Waals surface area (Å²) in [6.07, 6.45) is 1.95. The molecule has 8 nitrogen and oxygen atoms in total. The van der Waals surface area contributed by atoms with Crippen LogP contribution in [-0.2, 0) is 27.2 Å². The lowest BCUT2D eigenvalue weighted by molar-refractivity contribution is -0.147. The minimum Gasteiger partial charge on any atom is -0.444 e. The number of carbonyl (C=O) groups excluding carboxylic acids is 3. The fourth-order valence-electron chi connectivity index (χ4n) is 5.98. The molecule has 0 N–H and O–H groups in total. The zero-order valence-corrected chi connectivity index (χ0v) is 27.3. The van der Waals surface area contributed by atoms with Gasteiger partial charge in [-0.15, -0.1) is 0 Å². The van der Waals surface area contributed by atoms with Crippen LogP contribution in [0.4, 0.5) is 4.79 Å². The largest absolute Gasteiger partial charge is 0.444 e. The molecule has 3 amide bonds. The van der Waals surface area contributed by atoms with Crippen LogP contribution in [0.25, 0.3) is 10.8 Å². The fraction of sp³-hybridized carbons (Fsp3) is 0.472. The Labute approximate surface area is 262 Å². The van der Waals surface area contributed by atoms with Crippen molar-refractivity contribution in [3.8, 4) is 0 Å². The van der Waals surface area contributed by atoms with E-state index in [0.717, 1.165) is 41.3 Å². The Kier molecular flexibility index (Phi) is 10.7. The first-order valence-corrected chi connectivity index (χ1v) is 15.5. The molecule has 3 aromatic carbocycles. The average Bonchev–Trinajstić information content (AvgIpc) is 3.44. The van der Waals surface area contributed by atoms with Gasteiger partial charge in [0, 0.05) is 46.1 Å². The second kappa shape index (κ2) is 14.2. The summed E-state index contributed by atoms with van der Waals surface area (Å²) in [4.78, 5) is 49.2. The van der Waals surface area contributed by atoms with E-state index in [4.69, 9.17) is 4.74 Å². The molecule has 1 heterocycles. The number of carbonyl (C=O) groups is 3. The number of rotatable bonds is 10. The summed E-state index contributed by atoms with van der Waals surface area (Å²) in [5, 5.41) is 2.16. The minimum atomic E-state index is -0.877. The summed E-state index contributed by atoms with van der Waals surface area (Å²) in [6, 6.07) is 22.4. The Morgan fingerprint density at radius 3 is 2.11 bits per heavy atom. The topological polar surface area (TPSA) is 73.4 Å². The third-order valence-corrected chi connectivity index (χ3v) is 8.29. The quantitative estimate of drug-likeness (QED) is 0.318. The third-order valence-electron chi connectivity index (χ3n) is 8.29. The van der Waals surface area contributed by atoms with E-state index in [2.05, 4.69) is 11.0 Å². The zero-order chi connectivity index (χ0) is 32.0. The van der Waals surface area contributed by atoms with Crippen molar-refractivity contribution in [1.29, 1.82) is 0 Å². The Morgan fingerprint density at radius 1 is 0.818 bits per heavy atom. The van der Waals surface area contributed by atoms with Crippen molar-refractivity contribution >= 4 is 28.7 Å². The number of benzene rings is 3. The molecule has 0 spiro atoms. The number of ether oxygens (including phenoxy) is 1. The predicted molar refractivity (Wildman–Crippen MR) is 175 cm³/mol. The molecule has 3 aromatic rings. The molecule has 1 aliphatic heterocycles. The number of fused-ring (bicyclic) bond motifs is 1. The van der Waals surface area contributed by atoms with Crippen LogP contribution in [-0.4, -0.2) is 103 Å². The Balaban J connectivity index is 1.68. The van der Waals surface area contributed by atoms with Gasteiger partial charge in [0.2, 0.25) is 11.8 Å². The molecule has 8 heteroatoms. The molecular weight excluding hydrogens is 552 g/mol. The van der Waals surface area contributed by atoms with E-state index in [1.807, 2.05) is 85.7 Å². The Bertz CT molecular complexity index is 1430. The van der Waals surface area contributed by atoms with Crippen LogP contribution in [0.15, 0.2) is 72.8 Å². The van der Waals surface area contributed by atoms with Gasteiger partial charge < -0.3 is 19.4 Å². The van der Waals surface area contributed by atoms with E-state index in [1.165, 1.54) is 4.90 Å². The van der Waals surface area contributed by atoms with Gasteiger partial charge in [-0.2, -0.15) is 0 Å². The minimum absolute atomic E-state index is 0.0570. The number of hydrogen-bond donors (Lipinski definition) is 0. The first kappa shape index (κ1) is 33.0. The number of hydrogen-bond acceptors (Lipinski definition) is 5. The van der Waals surface area contributed by atoms with Crippen molar-refractivity contribution in [3.63, 3.8) is 0 Å². The van der Waals surface area contributed by atoms with Crippen molar-refractivity contribution in [3.05, 3.63) is 83.9 Å². The van der Waals surface area contributed by atoms with Gasteiger partial charge in [0.25, 0.3) is 0 Å². The lowest BCUT2D eigenvalue weighted by Gasteiger charge is -2.37. The van der Waals surface area contributed by atoms with Gasteiger partial charge in [-0.05, 0) is 69.6 Å². The zero-order valence-electron chi connectivity index (χ0n) is 27.3.